The van der Waals surface area contributed by atoms with Crippen molar-refractivity contribution in [1.82, 2.24) is 9.88 Å². The largest absolute Gasteiger partial charge is 0.493 e. The predicted octanol–water partition coefficient (Wildman–Crippen LogP) is 3.17. The molecule has 0 saturated heterocycles. The van der Waals surface area contributed by atoms with E-state index in [1.54, 1.807) is 10.6 Å². The third kappa shape index (κ3) is 3.87. The van der Waals surface area contributed by atoms with Gasteiger partial charge in [-0.1, -0.05) is 23.7 Å². The number of benzene rings is 1. The lowest BCUT2D eigenvalue weighted by molar-refractivity contribution is 0.0944. The molecule has 0 saturated carbocycles. The maximum absolute atomic E-state index is 12.8. The Morgan fingerprint density at radius 1 is 1.32 bits per heavy atom. The summed E-state index contributed by atoms with van der Waals surface area (Å²) in [5.74, 6) is 0.137. The van der Waals surface area contributed by atoms with Crippen LogP contribution in [0.3, 0.4) is 0 Å². The fraction of sp³-hybridized carbons (Fsp3) is 0.368. The number of pyridine rings is 1. The zero-order valence-corrected chi connectivity index (χ0v) is 14.9. The number of fused-ring (bicyclic) bond motifs is 1. The van der Waals surface area contributed by atoms with Gasteiger partial charge in [0.25, 0.3) is 11.5 Å². The van der Waals surface area contributed by atoms with Crippen molar-refractivity contribution in [3.8, 4) is 5.75 Å². The zero-order chi connectivity index (χ0) is 17.8. The van der Waals surface area contributed by atoms with Crippen molar-refractivity contribution < 1.29 is 9.53 Å². The molecule has 0 atom stereocenters. The smallest absolute Gasteiger partial charge is 0.257 e. The Bertz CT molecular complexity index is 845. The van der Waals surface area contributed by atoms with Gasteiger partial charge in [0, 0.05) is 29.9 Å². The van der Waals surface area contributed by atoms with Crippen LogP contribution in [0.2, 0.25) is 5.02 Å². The van der Waals surface area contributed by atoms with Gasteiger partial charge in [-0.05, 0) is 43.9 Å². The summed E-state index contributed by atoms with van der Waals surface area (Å²) in [6, 6.07) is 8.78. The van der Waals surface area contributed by atoms with Gasteiger partial charge in [0.05, 0.1) is 6.61 Å². The number of nitrogens with one attached hydrogen (secondary N) is 1. The molecule has 0 radical (unpaired) electrons. The molecule has 6 heteroatoms. The molecule has 132 valence electrons. The van der Waals surface area contributed by atoms with Gasteiger partial charge in [-0.25, -0.2) is 0 Å². The lowest BCUT2D eigenvalue weighted by Crippen LogP contribution is -2.33. The van der Waals surface area contributed by atoms with Crippen molar-refractivity contribution in [3.63, 3.8) is 0 Å². The van der Waals surface area contributed by atoms with Crippen LogP contribution in [0.1, 0.15) is 41.4 Å². The van der Waals surface area contributed by atoms with Crippen LogP contribution in [0, 0.1) is 0 Å². The number of ether oxygens (including phenoxy) is 1. The standard InChI is InChI=1S/C19H21ClN2O3/c1-2-25-16-11-17(23)22-9-4-3-8-15(22)18(16)19(24)21-12-13-6-5-7-14(20)10-13/h5-7,10-11H,2-4,8-9,12H2,1H3,(H,21,24). The highest BCUT2D eigenvalue weighted by molar-refractivity contribution is 6.30. The van der Waals surface area contributed by atoms with Crippen molar-refractivity contribution in [2.45, 2.75) is 39.3 Å². The van der Waals surface area contributed by atoms with Crippen molar-refractivity contribution in [3.05, 3.63) is 62.5 Å². The molecule has 25 heavy (non-hydrogen) atoms. The monoisotopic (exact) mass is 360 g/mol. The van der Waals surface area contributed by atoms with E-state index in [9.17, 15) is 9.59 Å². The Morgan fingerprint density at radius 3 is 2.92 bits per heavy atom. The van der Waals surface area contributed by atoms with Crippen LogP contribution in [0.5, 0.6) is 5.75 Å². The lowest BCUT2D eigenvalue weighted by Gasteiger charge is -2.23. The molecule has 0 bridgehead atoms. The van der Waals surface area contributed by atoms with Crippen LogP contribution in [-0.4, -0.2) is 17.1 Å². The molecule has 0 aliphatic carbocycles. The summed E-state index contributed by atoms with van der Waals surface area (Å²) < 4.78 is 7.28. The number of hydrogen-bond donors (Lipinski definition) is 1. The Labute approximate surface area is 151 Å². The summed E-state index contributed by atoms with van der Waals surface area (Å²) in [6.45, 7) is 3.25. The first-order valence-corrected chi connectivity index (χ1v) is 8.90. The molecule has 1 amide bonds. The average Bonchev–Trinajstić information content (AvgIpc) is 2.60. The molecule has 3 rings (SSSR count). The number of aromatic nitrogens is 1. The number of rotatable bonds is 5. The summed E-state index contributed by atoms with van der Waals surface area (Å²) in [5, 5.41) is 3.55. The van der Waals surface area contributed by atoms with Crippen LogP contribution < -0.4 is 15.6 Å². The third-order valence-corrected chi connectivity index (χ3v) is 4.53. The molecule has 0 spiro atoms. The van der Waals surface area contributed by atoms with E-state index in [0.717, 1.165) is 24.1 Å². The van der Waals surface area contributed by atoms with E-state index >= 15 is 0 Å². The van der Waals surface area contributed by atoms with E-state index in [1.165, 1.54) is 6.07 Å². The number of carbonyl (C=O) groups is 1. The van der Waals surface area contributed by atoms with Crippen LogP contribution in [0.4, 0.5) is 0 Å². The molecule has 1 aromatic carbocycles. The van der Waals surface area contributed by atoms with Crippen molar-refractivity contribution in [2.75, 3.05) is 6.61 Å². The molecule has 1 N–H and O–H groups in total. The topological polar surface area (TPSA) is 60.3 Å². The van der Waals surface area contributed by atoms with Crippen LogP contribution in [0.15, 0.2) is 35.1 Å². The summed E-state index contributed by atoms with van der Waals surface area (Å²) in [7, 11) is 0. The molecule has 0 fully saturated rings. The van der Waals surface area contributed by atoms with Gasteiger partial charge < -0.3 is 14.6 Å². The van der Waals surface area contributed by atoms with Gasteiger partial charge in [0.15, 0.2) is 0 Å². The predicted molar refractivity (Wildman–Crippen MR) is 97.4 cm³/mol. The minimum absolute atomic E-state index is 0.107. The Hall–Kier alpha value is -2.27. The van der Waals surface area contributed by atoms with E-state index in [-0.39, 0.29) is 11.5 Å². The first-order chi connectivity index (χ1) is 12.1. The molecule has 1 aliphatic rings. The van der Waals surface area contributed by atoms with Crippen molar-refractivity contribution in [2.24, 2.45) is 0 Å². The second-order valence-corrected chi connectivity index (χ2v) is 6.46. The van der Waals surface area contributed by atoms with Crippen LogP contribution in [-0.2, 0) is 19.5 Å². The molecule has 2 aromatic rings. The third-order valence-electron chi connectivity index (χ3n) is 4.30. The fourth-order valence-corrected chi connectivity index (χ4v) is 3.38. The van der Waals surface area contributed by atoms with Gasteiger partial charge in [-0.15, -0.1) is 0 Å². The summed E-state index contributed by atoms with van der Waals surface area (Å²) in [4.78, 5) is 25.1. The Balaban J connectivity index is 1.91. The fourth-order valence-electron chi connectivity index (χ4n) is 3.17. The number of nitrogens with zero attached hydrogens (tertiary/aromatic N) is 1. The lowest BCUT2D eigenvalue weighted by atomic mass is 10.0. The number of hydrogen-bond acceptors (Lipinski definition) is 3. The molecule has 0 unspecified atom stereocenters. The van der Waals surface area contributed by atoms with E-state index in [1.807, 2.05) is 25.1 Å². The minimum Gasteiger partial charge on any atom is -0.493 e. The SMILES string of the molecule is CCOc1cc(=O)n2c(c1C(=O)NCc1cccc(Cl)c1)CCCC2. The maximum Gasteiger partial charge on any atom is 0.257 e. The van der Waals surface area contributed by atoms with E-state index in [0.29, 0.717) is 42.5 Å². The quantitative estimate of drug-likeness (QED) is 0.890. The highest BCUT2D eigenvalue weighted by Crippen LogP contribution is 2.25. The molecular weight excluding hydrogens is 340 g/mol. The summed E-state index contributed by atoms with van der Waals surface area (Å²) in [5.41, 5.74) is 2.05. The zero-order valence-electron chi connectivity index (χ0n) is 14.2. The normalized spacial score (nSPS) is 13.2. The second-order valence-electron chi connectivity index (χ2n) is 6.02. The number of amides is 1. The van der Waals surface area contributed by atoms with Gasteiger partial charge in [0.1, 0.15) is 11.3 Å². The second kappa shape index (κ2) is 7.74. The van der Waals surface area contributed by atoms with Crippen molar-refractivity contribution >= 4 is 17.5 Å². The van der Waals surface area contributed by atoms with Crippen molar-refractivity contribution in [1.29, 1.82) is 0 Å². The average molecular weight is 361 g/mol. The van der Waals surface area contributed by atoms with Gasteiger partial charge in [0.2, 0.25) is 0 Å². The van der Waals surface area contributed by atoms with Crippen LogP contribution in [0.25, 0.3) is 0 Å². The van der Waals surface area contributed by atoms with E-state index in [4.69, 9.17) is 16.3 Å². The van der Waals surface area contributed by atoms with E-state index < -0.39 is 0 Å². The maximum atomic E-state index is 12.8. The van der Waals surface area contributed by atoms with Gasteiger partial charge in [-0.3, -0.25) is 9.59 Å². The molecular formula is C19H21ClN2O3. The summed E-state index contributed by atoms with van der Waals surface area (Å²) in [6.07, 6.45) is 2.62. The van der Waals surface area contributed by atoms with Gasteiger partial charge >= 0.3 is 0 Å². The molecule has 1 aromatic heterocycles. The van der Waals surface area contributed by atoms with E-state index in [2.05, 4.69) is 5.32 Å². The Morgan fingerprint density at radius 2 is 2.16 bits per heavy atom. The number of halogens is 1. The highest BCUT2D eigenvalue weighted by Gasteiger charge is 2.24. The number of carbonyl (C=O) groups excluding carboxylic acids is 1. The summed E-state index contributed by atoms with van der Waals surface area (Å²) >= 11 is 5.99. The Kier molecular flexibility index (Phi) is 5.43. The first-order valence-electron chi connectivity index (χ1n) is 8.52. The first kappa shape index (κ1) is 17.5. The molecule has 2 heterocycles. The van der Waals surface area contributed by atoms with Gasteiger partial charge in [-0.2, -0.15) is 0 Å². The highest BCUT2D eigenvalue weighted by atomic mass is 35.5. The van der Waals surface area contributed by atoms with Crippen LogP contribution >= 0.6 is 11.6 Å². The minimum atomic E-state index is -0.228. The molecule has 1 aliphatic heterocycles. The molecule has 5 nitrogen and oxygen atoms in total.